The number of nitrogens with zero attached hydrogens (tertiary/aromatic N) is 1. The SMILES string of the molecule is COCCCN1C(=O)C(O)=C(C(C)=O)[C@H]1c1ccc(C(C)(C)C)cc1. The van der Waals surface area contributed by atoms with Crippen molar-refractivity contribution in [3.63, 3.8) is 0 Å². The molecule has 1 heterocycles. The third-order valence-corrected chi connectivity index (χ3v) is 4.52. The van der Waals surface area contributed by atoms with Crippen molar-refractivity contribution in [3.05, 3.63) is 46.7 Å². The van der Waals surface area contributed by atoms with E-state index < -0.39 is 17.7 Å². The molecule has 0 saturated carbocycles. The van der Waals surface area contributed by atoms with Crippen molar-refractivity contribution >= 4 is 11.7 Å². The van der Waals surface area contributed by atoms with Gasteiger partial charge in [0.25, 0.3) is 5.91 Å². The fraction of sp³-hybridized carbons (Fsp3) is 0.500. The molecule has 1 amide bonds. The molecular formula is C20H27NO4. The van der Waals surface area contributed by atoms with Crippen LogP contribution >= 0.6 is 0 Å². The first-order valence-electron chi connectivity index (χ1n) is 8.53. The van der Waals surface area contributed by atoms with Gasteiger partial charge in [0, 0.05) is 20.3 Å². The van der Waals surface area contributed by atoms with E-state index in [4.69, 9.17) is 4.74 Å². The van der Waals surface area contributed by atoms with Crippen LogP contribution in [0.3, 0.4) is 0 Å². The molecule has 0 fully saturated rings. The Hall–Kier alpha value is -2.14. The second-order valence-corrected chi connectivity index (χ2v) is 7.44. The third-order valence-electron chi connectivity index (χ3n) is 4.52. The Balaban J connectivity index is 2.40. The molecule has 1 N–H and O–H groups in total. The quantitative estimate of drug-likeness (QED) is 0.803. The highest BCUT2D eigenvalue weighted by molar-refractivity contribution is 6.08. The number of ether oxygens (including phenoxy) is 1. The van der Waals surface area contributed by atoms with Crippen molar-refractivity contribution in [2.75, 3.05) is 20.3 Å². The van der Waals surface area contributed by atoms with Crippen molar-refractivity contribution in [2.45, 2.75) is 45.6 Å². The van der Waals surface area contributed by atoms with E-state index in [1.807, 2.05) is 24.3 Å². The van der Waals surface area contributed by atoms with Gasteiger partial charge in [0.05, 0.1) is 11.6 Å². The molecule has 0 radical (unpaired) electrons. The largest absolute Gasteiger partial charge is 0.503 e. The highest BCUT2D eigenvalue weighted by atomic mass is 16.5. The molecule has 1 aliphatic rings. The molecule has 1 atom stereocenters. The van der Waals surface area contributed by atoms with Gasteiger partial charge in [-0.05, 0) is 29.9 Å². The molecule has 25 heavy (non-hydrogen) atoms. The molecule has 0 unspecified atom stereocenters. The van der Waals surface area contributed by atoms with E-state index in [0.29, 0.717) is 19.6 Å². The van der Waals surface area contributed by atoms with E-state index in [1.165, 1.54) is 12.5 Å². The van der Waals surface area contributed by atoms with Gasteiger partial charge in [-0.1, -0.05) is 45.0 Å². The second kappa shape index (κ2) is 7.40. The fourth-order valence-electron chi connectivity index (χ4n) is 3.13. The molecule has 1 aromatic carbocycles. The van der Waals surface area contributed by atoms with Gasteiger partial charge in [-0.2, -0.15) is 0 Å². The molecule has 0 aromatic heterocycles. The molecule has 1 aromatic rings. The Morgan fingerprint density at radius 2 is 1.84 bits per heavy atom. The van der Waals surface area contributed by atoms with E-state index >= 15 is 0 Å². The standard InChI is InChI=1S/C20H27NO4/c1-13(22)16-17(14-7-9-15(10-8-14)20(2,3)4)21(11-6-12-25-5)19(24)18(16)23/h7-10,17,23H,6,11-12H2,1-5H3/t17-/m1/s1. The summed E-state index contributed by atoms with van der Waals surface area (Å²) in [4.78, 5) is 26.1. The number of aliphatic hydroxyl groups is 1. The van der Waals surface area contributed by atoms with Gasteiger partial charge < -0.3 is 14.7 Å². The number of ketones is 1. The maximum atomic E-state index is 12.4. The number of rotatable bonds is 6. The number of hydrogen-bond acceptors (Lipinski definition) is 4. The molecule has 0 spiro atoms. The van der Waals surface area contributed by atoms with E-state index in [1.54, 1.807) is 12.0 Å². The number of hydrogen-bond donors (Lipinski definition) is 1. The Kier molecular flexibility index (Phi) is 5.68. The minimum atomic E-state index is -0.545. The van der Waals surface area contributed by atoms with Gasteiger partial charge in [-0.15, -0.1) is 0 Å². The van der Waals surface area contributed by atoms with Crippen LogP contribution in [0.1, 0.15) is 51.3 Å². The molecule has 1 aliphatic heterocycles. The third kappa shape index (κ3) is 3.93. The normalized spacial score (nSPS) is 18.2. The maximum Gasteiger partial charge on any atom is 0.290 e. The second-order valence-electron chi connectivity index (χ2n) is 7.44. The first-order valence-corrected chi connectivity index (χ1v) is 8.53. The van der Waals surface area contributed by atoms with Crippen LogP contribution in [0, 0.1) is 0 Å². The summed E-state index contributed by atoms with van der Waals surface area (Å²) in [5, 5.41) is 10.2. The lowest BCUT2D eigenvalue weighted by Crippen LogP contribution is -2.32. The summed E-state index contributed by atoms with van der Waals surface area (Å²) in [5.74, 6) is -1.22. The Morgan fingerprint density at radius 3 is 2.32 bits per heavy atom. The number of methoxy groups -OCH3 is 1. The smallest absolute Gasteiger partial charge is 0.290 e. The molecule has 136 valence electrons. The molecular weight excluding hydrogens is 318 g/mol. The molecule has 5 nitrogen and oxygen atoms in total. The summed E-state index contributed by atoms with van der Waals surface area (Å²) in [6, 6.07) is 7.35. The zero-order valence-corrected chi connectivity index (χ0v) is 15.6. The van der Waals surface area contributed by atoms with E-state index in [-0.39, 0.29) is 16.8 Å². The number of carbonyl (C=O) groups excluding carboxylic acids is 2. The molecule has 0 aliphatic carbocycles. The van der Waals surface area contributed by atoms with Crippen LogP contribution in [0.15, 0.2) is 35.6 Å². The van der Waals surface area contributed by atoms with Crippen molar-refractivity contribution in [1.82, 2.24) is 4.90 Å². The number of benzene rings is 1. The van der Waals surface area contributed by atoms with Crippen LogP contribution in [-0.4, -0.2) is 42.0 Å². The van der Waals surface area contributed by atoms with Crippen LogP contribution in [0.4, 0.5) is 0 Å². The lowest BCUT2D eigenvalue weighted by Gasteiger charge is -2.27. The summed E-state index contributed by atoms with van der Waals surface area (Å²) in [6.07, 6.45) is 0.636. The summed E-state index contributed by atoms with van der Waals surface area (Å²) < 4.78 is 5.05. The Morgan fingerprint density at radius 1 is 1.24 bits per heavy atom. The van der Waals surface area contributed by atoms with Crippen molar-refractivity contribution in [1.29, 1.82) is 0 Å². The Bertz CT molecular complexity index is 683. The lowest BCUT2D eigenvalue weighted by molar-refractivity contribution is -0.129. The summed E-state index contributed by atoms with van der Waals surface area (Å²) in [7, 11) is 1.60. The highest BCUT2D eigenvalue weighted by Crippen LogP contribution is 2.38. The minimum Gasteiger partial charge on any atom is -0.503 e. The van der Waals surface area contributed by atoms with Gasteiger partial charge >= 0.3 is 0 Å². The van der Waals surface area contributed by atoms with Gasteiger partial charge in [0.2, 0.25) is 0 Å². The van der Waals surface area contributed by atoms with E-state index in [2.05, 4.69) is 20.8 Å². The van der Waals surface area contributed by atoms with Gasteiger partial charge in [0.15, 0.2) is 11.5 Å². The fourth-order valence-corrected chi connectivity index (χ4v) is 3.13. The van der Waals surface area contributed by atoms with Gasteiger partial charge in [-0.3, -0.25) is 9.59 Å². The number of carbonyl (C=O) groups is 2. The first-order chi connectivity index (χ1) is 11.7. The average molecular weight is 345 g/mol. The van der Waals surface area contributed by atoms with E-state index in [9.17, 15) is 14.7 Å². The van der Waals surface area contributed by atoms with E-state index in [0.717, 1.165) is 5.56 Å². The summed E-state index contributed by atoms with van der Waals surface area (Å²) in [5.41, 5.74) is 2.19. The summed E-state index contributed by atoms with van der Waals surface area (Å²) >= 11 is 0. The van der Waals surface area contributed by atoms with Crippen LogP contribution in [-0.2, 0) is 19.7 Å². The van der Waals surface area contributed by atoms with Crippen LogP contribution in [0.5, 0.6) is 0 Å². The topological polar surface area (TPSA) is 66.8 Å². The van der Waals surface area contributed by atoms with Gasteiger partial charge in [0.1, 0.15) is 0 Å². The first kappa shape index (κ1) is 19.2. The number of amides is 1. The van der Waals surface area contributed by atoms with Crippen LogP contribution in [0.2, 0.25) is 0 Å². The average Bonchev–Trinajstić information content (AvgIpc) is 2.79. The molecule has 0 saturated heterocycles. The van der Waals surface area contributed by atoms with Crippen LogP contribution in [0.25, 0.3) is 0 Å². The van der Waals surface area contributed by atoms with Gasteiger partial charge in [-0.25, -0.2) is 0 Å². The lowest BCUT2D eigenvalue weighted by atomic mass is 9.85. The van der Waals surface area contributed by atoms with Crippen LogP contribution < -0.4 is 0 Å². The molecule has 5 heteroatoms. The predicted molar refractivity (Wildman–Crippen MR) is 96.4 cm³/mol. The van der Waals surface area contributed by atoms with Crippen molar-refractivity contribution in [2.24, 2.45) is 0 Å². The predicted octanol–water partition coefficient (Wildman–Crippen LogP) is 3.31. The number of aliphatic hydroxyl groups excluding tert-OH is 1. The Labute approximate surface area is 149 Å². The molecule has 2 rings (SSSR count). The highest BCUT2D eigenvalue weighted by Gasteiger charge is 2.41. The molecule has 0 bridgehead atoms. The maximum absolute atomic E-state index is 12.4. The summed E-state index contributed by atoms with van der Waals surface area (Å²) in [6.45, 7) is 8.70. The number of Topliss-reactive ketones (excluding diaryl/α,β-unsaturated/α-hetero) is 1. The monoisotopic (exact) mass is 345 g/mol. The zero-order valence-electron chi connectivity index (χ0n) is 15.6. The van der Waals surface area contributed by atoms with Crippen molar-refractivity contribution in [3.8, 4) is 0 Å². The van der Waals surface area contributed by atoms with Crippen molar-refractivity contribution < 1.29 is 19.4 Å². The zero-order chi connectivity index (χ0) is 18.8. The minimum absolute atomic E-state index is 0.0174.